The summed E-state index contributed by atoms with van der Waals surface area (Å²) in [7, 11) is 0. The van der Waals surface area contributed by atoms with Crippen LogP contribution in [0.1, 0.15) is 5.82 Å². The Balaban J connectivity index is 1.54. The van der Waals surface area contributed by atoms with E-state index in [0.29, 0.717) is 29.1 Å². The summed E-state index contributed by atoms with van der Waals surface area (Å²) in [6.45, 7) is 1.42. The minimum Gasteiger partial charge on any atom is -0.353 e. The largest absolute Gasteiger partial charge is 0.453 e. The third kappa shape index (κ3) is 3.45. The highest BCUT2D eigenvalue weighted by Gasteiger charge is 2.37. The van der Waals surface area contributed by atoms with E-state index in [0.717, 1.165) is 0 Å². The number of halogens is 3. The number of amides is 1. The number of alkyl halides is 3. The lowest BCUT2D eigenvalue weighted by molar-refractivity contribution is -0.146. The van der Waals surface area contributed by atoms with E-state index in [4.69, 9.17) is 0 Å². The van der Waals surface area contributed by atoms with Gasteiger partial charge in [-0.15, -0.1) is 15.3 Å². The number of carbonyl (C=O) groups excluding carboxylic acids is 1. The highest BCUT2D eigenvalue weighted by molar-refractivity contribution is 5.82. The summed E-state index contributed by atoms with van der Waals surface area (Å²) in [6.07, 6.45) is -3.14. The Kier molecular flexibility index (Phi) is 4.01. The van der Waals surface area contributed by atoms with Crippen LogP contribution in [0.2, 0.25) is 0 Å². The van der Waals surface area contributed by atoms with Crippen LogP contribution in [0.15, 0.2) is 30.5 Å². The Hall–Kier alpha value is -3.44. The second-order valence-electron chi connectivity index (χ2n) is 5.81. The zero-order valence-electron chi connectivity index (χ0n) is 13.7. The van der Waals surface area contributed by atoms with Gasteiger partial charge in [0.25, 0.3) is 5.82 Å². The van der Waals surface area contributed by atoms with Crippen molar-refractivity contribution in [1.82, 2.24) is 30.1 Å². The van der Waals surface area contributed by atoms with Gasteiger partial charge < -0.3 is 15.5 Å². The van der Waals surface area contributed by atoms with Crippen LogP contribution in [-0.2, 0) is 11.0 Å². The molecule has 0 saturated carbocycles. The minimum absolute atomic E-state index is 0.00952. The number of hydrogen-bond donors (Lipinski definition) is 2. The zero-order valence-corrected chi connectivity index (χ0v) is 13.7. The van der Waals surface area contributed by atoms with E-state index >= 15 is 0 Å². The molecule has 27 heavy (non-hydrogen) atoms. The van der Waals surface area contributed by atoms with Crippen LogP contribution in [0.25, 0.3) is 5.65 Å². The first-order valence-corrected chi connectivity index (χ1v) is 7.94. The summed E-state index contributed by atoms with van der Waals surface area (Å²) in [5.74, 6) is -0.452. The van der Waals surface area contributed by atoms with Crippen molar-refractivity contribution < 1.29 is 18.0 Å². The summed E-state index contributed by atoms with van der Waals surface area (Å²) in [4.78, 5) is 17.6. The van der Waals surface area contributed by atoms with Gasteiger partial charge in [0.2, 0.25) is 5.91 Å². The molecule has 0 aliphatic carbocycles. The number of anilines is 3. The van der Waals surface area contributed by atoms with E-state index in [1.165, 1.54) is 18.3 Å². The molecule has 0 radical (unpaired) electrons. The summed E-state index contributed by atoms with van der Waals surface area (Å²) in [5.41, 5.74) is 0.526. The van der Waals surface area contributed by atoms with Crippen LogP contribution in [-0.4, -0.2) is 50.3 Å². The van der Waals surface area contributed by atoms with Gasteiger partial charge in [0.1, 0.15) is 5.82 Å². The molecule has 4 rings (SSSR count). The lowest BCUT2D eigenvalue weighted by atomic mass is 10.3. The number of hydrogen-bond acceptors (Lipinski definition) is 7. The predicted molar refractivity (Wildman–Crippen MR) is 88.5 cm³/mol. The number of nitrogens with zero attached hydrogens (tertiary/aromatic N) is 6. The van der Waals surface area contributed by atoms with Crippen molar-refractivity contribution >= 4 is 28.9 Å². The standard InChI is InChI=1S/C15H13F3N8O/c16-15(17,18)14-23-22-12-4-2-10(24-26(12)14)21-9-1-3-11(20-7-9)25-6-5-19-13(27)8-25/h1-4,7H,5-6,8H2,(H,19,27)(H,21,24). The normalized spacial score (nSPS) is 15.1. The average molecular weight is 378 g/mol. The van der Waals surface area contributed by atoms with Crippen LogP contribution in [0, 0.1) is 0 Å². The molecule has 0 aromatic carbocycles. The summed E-state index contributed by atoms with van der Waals surface area (Å²) < 4.78 is 39.4. The van der Waals surface area contributed by atoms with Crippen LogP contribution in [0.5, 0.6) is 0 Å². The first-order valence-electron chi connectivity index (χ1n) is 7.94. The van der Waals surface area contributed by atoms with Gasteiger partial charge in [0.15, 0.2) is 11.5 Å². The van der Waals surface area contributed by atoms with Gasteiger partial charge in [-0.2, -0.15) is 17.7 Å². The number of nitrogens with one attached hydrogen (secondary N) is 2. The van der Waals surface area contributed by atoms with Crippen LogP contribution in [0.4, 0.5) is 30.5 Å². The minimum atomic E-state index is -4.66. The van der Waals surface area contributed by atoms with Gasteiger partial charge in [-0.25, -0.2) is 4.98 Å². The lowest BCUT2D eigenvalue weighted by Crippen LogP contribution is -2.48. The first-order chi connectivity index (χ1) is 12.9. The first kappa shape index (κ1) is 17.0. The number of aromatic nitrogens is 5. The van der Waals surface area contributed by atoms with E-state index in [1.54, 1.807) is 12.1 Å². The Morgan fingerprint density at radius 2 is 2.00 bits per heavy atom. The van der Waals surface area contributed by atoms with E-state index < -0.39 is 12.0 Å². The van der Waals surface area contributed by atoms with Crippen molar-refractivity contribution in [2.24, 2.45) is 0 Å². The zero-order chi connectivity index (χ0) is 19.0. The van der Waals surface area contributed by atoms with Crippen molar-refractivity contribution in [2.75, 3.05) is 29.9 Å². The van der Waals surface area contributed by atoms with Gasteiger partial charge in [-0.05, 0) is 24.3 Å². The number of fused-ring (bicyclic) bond motifs is 1. The Labute approximate surface area is 150 Å². The molecule has 4 heterocycles. The van der Waals surface area contributed by atoms with E-state index in [1.807, 2.05) is 4.90 Å². The maximum absolute atomic E-state index is 12.9. The monoisotopic (exact) mass is 378 g/mol. The predicted octanol–water partition coefficient (Wildman–Crippen LogP) is 1.22. The maximum atomic E-state index is 12.9. The molecule has 0 atom stereocenters. The molecule has 1 fully saturated rings. The van der Waals surface area contributed by atoms with Crippen LogP contribution >= 0.6 is 0 Å². The van der Waals surface area contributed by atoms with E-state index in [9.17, 15) is 18.0 Å². The molecule has 3 aromatic rings. The molecule has 2 N–H and O–H groups in total. The van der Waals surface area contributed by atoms with Crippen LogP contribution in [0.3, 0.4) is 0 Å². The molecule has 1 aliphatic rings. The molecule has 12 heteroatoms. The SMILES string of the molecule is O=C1CN(c2ccc(Nc3ccc4nnc(C(F)(F)F)n4n3)cn2)CCN1. The number of carbonyl (C=O) groups is 1. The quantitative estimate of drug-likeness (QED) is 0.707. The average Bonchev–Trinajstić information content (AvgIpc) is 3.06. The Morgan fingerprint density at radius 1 is 1.15 bits per heavy atom. The van der Waals surface area contributed by atoms with Gasteiger partial charge in [-0.3, -0.25) is 4.79 Å². The number of piperazine rings is 1. The third-order valence-electron chi connectivity index (χ3n) is 3.90. The molecule has 0 bridgehead atoms. The summed E-state index contributed by atoms with van der Waals surface area (Å²) in [5, 5.41) is 16.1. The molecule has 1 saturated heterocycles. The fourth-order valence-electron chi connectivity index (χ4n) is 2.66. The third-order valence-corrected chi connectivity index (χ3v) is 3.90. The van der Waals surface area contributed by atoms with Gasteiger partial charge in [0, 0.05) is 13.1 Å². The highest BCUT2D eigenvalue weighted by Crippen LogP contribution is 2.28. The molecule has 1 amide bonds. The van der Waals surface area contributed by atoms with Crippen molar-refractivity contribution in [3.63, 3.8) is 0 Å². The molecule has 3 aromatic heterocycles. The molecule has 9 nitrogen and oxygen atoms in total. The highest BCUT2D eigenvalue weighted by atomic mass is 19.4. The molecule has 0 unspecified atom stereocenters. The second-order valence-corrected chi connectivity index (χ2v) is 5.81. The van der Waals surface area contributed by atoms with Crippen molar-refractivity contribution in [3.05, 3.63) is 36.3 Å². The van der Waals surface area contributed by atoms with Gasteiger partial charge in [0.05, 0.1) is 18.4 Å². The Bertz CT molecular complexity index is 985. The molecule has 1 aliphatic heterocycles. The molecular weight excluding hydrogens is 365 g/mol. The maximum Gasteiger partial charge on any atom is 0.453 e. The molecule has 0 spiro atoms. The molecule has 140 valence electrons. The smallest absolute Gasteiger partial charge is 0.353 e. The van der Waals surface area contributed by atoms with Crippen molar-refractivity contribution in [3.8, 4) is 0 Å². The second kappa shape index (κ2) is 6.37. The van der Waals surface area contributed by atoms with Gasteiger partial charge >= 0.3 is 6.18 Å². The fraction of sp³-hybridized carbons (Fsp3) is 0.267. The van der Waals surface area contributed by atoms with Crippen molar-refractivity contribution in [1.29, 1.82) is 0 Å². The fourth-order valence-corrected chi connectivity index (χ4v) is 2.66. The summed E-state index contributed by atoms with van der Waals surface area (Å²) >= 11 is 0. The number of pyridine rings is 1. The topological polar surface area (TPSA) is 100 Å². The Morgan fingerprint density at radius 3 is 2.70 bits per heavy atom. The van der Waals surface area contributed by atoms with Crippen molar-refractivity contribution in [2.45, 2.75) is 6.18 Å². The lowest BCUT2D eigenvalue weighted by Gasteiger charge is -2.27. The van der Waals surface area contributed by atoms with E-state index in [-0.39, 0.29) is 23.9 Å². The number of rotatable bonds is 3. The van der Waals surface area contributed by atoms with E-state index in [2.05, 4.69) is 30.9 Å². The molecular formula is C15H13F3N8O. The van der Waals surface area contributed by atoms with Gasteiger partial charge in [-0.1, -0.05) is 0 Å². The summed E-state index contributed by atoms with van der Waals surface area (Å²) in [6, 6.07) is 6.30. The van der Waals surface area contributed by atoms with Crippen LogP contribution < -0.4 is 15.5 Å².